The van der Waals surface area contributed by atoms with Gasteiger partial charge in [-0.1, -0.05) is 0 Å². The summed E-state index contributed by atoms with van der Waals surface area (Å²) in [5, 5.41) is 0.0371. The molecule has 2 aliphatic carbocycles. The van der Waals surface area contributed by atoms with Gasteiger partial charge in [-0.05, 0) is 44.2 Å². The van der Waals surface area contributed by atoms with Gasteiger partial charge < -0.3 is 10.5 Å². The van der Waals surface area contributed by atoms with E-state index in [2.05, 4.69) is 4.98 Å². The Morgan fingerprint density at radius 2 is 1.69 bits per heavy atom. The molecule has 35 heavy (non-hydrogen) atoms. The van der Waals surface area contributed by atoms with E-state index in [1.54, 1.807) is 0 Å². The Morgan fingerprint density at radius 3 is 2.20 bits per heavy atom. The molecule has 0 spiro atoms. The number of nitrogens with zero attached hydrogens (tertiary/aromatic N) is 2. The second-order valence-corrected chi connectivity index (χ2v) is 9.36. The molecule has 4 atom stereocenters. The third-order valence-corrected chi connectivity index (χ3v) is 7.15. The van der Waals surface area contributed by atoms with Gasteiger partial charge in [0.25, 0.3) is 5.56 Å². The lowest BCUT2D eigenvalue weighted by molar-refractivity contribution is -0.292. The molecular weight excluding hydrogens is 489 g/mol. The van der Waals surface area contributed by atoms with Gasteiger partial charge in [-0.25, -0.2) is 9.18 Å². The van der Waals surface area contributed by atoms with Crippen molar-refractivity contribution in [3.63, 3.8) is 0 Å². The molecule has 0 radical (unpaired) electrons. The molecule has 0 aromatic carbocycles. The molecule has 4 unspecified atom stereocenters. The van der Waals surface area contributed by atoms with Gasteiger partial charge in [0.15, 0.2) is 12.1 Å². The maximum atomic E-state index is 15.7. The Hall–Kier alpha value is -2.35. The molecule has 2 fully saturated rings. The Morgan fingerprint density at radius 1 is 1.09 bits per heavy atom. The quantitative estimate of drug-likeness (QED) is 0.570. The van der Waals surface area contributed by atoms with Gasteiger partial charge in [0.05, 0.1) is 18.5 Å². The van der Waals surface area contributed by atoms with Crippen molar-refractivity contribution >= 4 is 11.3 Å². The highest BCUT2D eigenvalue weighted by Gasteiger charge is 2.61. The van der Waals surface area contributed by atoms with E-state index in [-0.39, 0.29) is 47.5 Å². The minimum Gasteiger partial charge on any atom is -0.497 e. The molecule has 1 saturated carbocycles. The fraction of sp³-hybridized carbons (Fsp3) is 0.714. The van der Waals surface area contributed by atoms with Crippen molar-refractivity contribution < 1.29 is 35.5 Å². The summed E-state index contributed by atoms with van der Waals surface area (Å²) in [5.41, 5.74) is 4.28. The number of fused-ring (bicyclic) bond motifs is 1. The number of hydrogen-bond acceptors (Lipinski definition) is 5. The second-order valence-electron chi connectivity index (χ2n) is 9.36. The number of ether oxygens (including phenoxy) is 1. The fourth-order valence-corrected chi connectivity index (χ4v) is 5.44. The van der Waals surface area contributed by atoms with Crippen LogP contribution in [0.1, 0.15) is 32.2 Å². The van der Waals surface area contributed by atoms with Crippen LogP contribution in [0.15, 0.2) is 9.59 Å². The van der Waals surface area contributed by atoms with Crippen molar-refractivity contribution in [2.45, 2.75) is 62.8 Å². The van der Waals surface area contributed by atoms with E-state index in [1.807, 2.05) is 0 Å². The molecule has 2 heterocycles. The lowest BCUT2D eigenvalue weighted by Gasteiger charge is -2.36. The molecule has 1 saturated heterocycles. The van der Waals surface area contributed by atoms with E-state index < -0.39 is 53.7 Å². The zero-order chi connectivity index (χ0) is 26.0. The largest absolute Gasteiger partial charge is 0.497 e. The van der Waals surface area contributed by atoms with Crippen LogP contribution < -0.4 is 27.6 Å². The summed E-state index contributed by atoms with van der Waals surface area (Å²) in [7, 11) is 1.15. The molecule has 0 bridgehead atoms. The number of alkyl halides is 7. The van der Waals surface area contributed by atoms with E-state index in [4.69, 9.17) is 10.5 Å². The van der Waals surface area contributed by atoms with Crippen molar-refractivity contribution in [2.24, 2.45) is 17.6 Å². The van der Waals surface area contributed by atoms with E-state index >= 15 is 4.39 Å². The number of methoxy groups -OCH3 is 1. The summed E-state index contributed by atoms with van der Waals surface area (Å²) in [6.07, 6.45) is -11.9. The Labute approximate surface area is 194 Å². The van der Waals surface area contributed by atoms with Crippen LogP contribution in [0.2, 0.25) is 0 Å². The Bertz CT molecular complexity index is 1220. The van der Waals surface area contributed by atoms with Gasteiger partial charge in [0.2, 0.25) is 0 Å². The van der Waals surface area contributed by atoms with Gasteiger partial charge >= 0.3 is 18.0 Å². The normalized spacial score (nSPS) is 26.9. The van der Waals surface area contributed by atoms with Gasteiger partial charge in [-0.3, -0.25) is 19.2 Å². The van der Waals surface area contributed by atoms with Crippen LogP contribution in [0.4, 0.5) is 30.7 Å². The standard InChI is InChI=1S/C21H25F7N4O3/c1-8-14-11(18(33)30-19(34)32(14)10-3-4-10)16(35-2)12(22)15(8)31-6-5-9(7-31)13(29)17(20(23,24)25)21(26,27)28/h9-10,12-13,15,17H,3-7,29H2,1-2H3,(H,30,33,34). The number of halogens is 7. The molecule has 1 aromatic rings. The van der Waals surface area contributed by atoms with Crippen molar-refractivity contribution in [3.8, 4) is 0 Å². The number of hydrogen-bond donors (Lipinski definition) is 2. The molecule has 3 aliphatic rings. The zero-order valence-corrected chi connectivity index (χ0v) is 18.8. The molecule has 7 nitrogen and oxygen atoms in total. The van der Waals surface area contributed by atoms with Crippen LogP contribution in [-0.4, -0.2) is 65.3 Å². The van der Waals surface area contributed by atoms with Crippen molar-refractivity contribution in [3.05, 3.63) is 31.4 Å². The van der Waals surface area contributed by atoms with E-state index in [1.165, 1.54) is 16.4 Å². The van der Waals surface area contributed by atoms with Crippen LogP contribution in [-0.2, 0) is 4.74 Å². The maximum absolute atomic E-state index is 15.7. The minimum atomic E-state index is -5.59. The monoisotopic (exact) mass is 514 g/mol. The summed E-state index contributed by atoms with van der Waals surface area (Å²) < 4.78 is 101. The van der Waals surface area contributed by atoms with Crippen molar-refractivity contribution in [1.82, 2.24) is 14.5 Å². The summed E-state index contributed by atoms with van der Waals surface area (Å²) in [6.45, 7) is 1.16. The lowest BCUT2D eigenvalue weighted by atomic mass is 9.87. The van der Waals surface area contributed by atoms with E-state index in [0.717, 1.165) is 7.11 Å². The fourth-order valence-electron chi connectivity index (χ4n) is 5.44. The summed E-state index contributed by atoms with van der Waals surface area (Å²) in [6, 6.07) is -3.64. The summed E-state index contributed by atoms with van der Waals surface area (Å²) >= 11 is 0. The van der Waals surface area contributed by atoms with Crippen LogP contribution in [0, 0.1) is 11.8 Å². The van der Waals surface area contributed by atoms with E-state index in [9.17, 15) is 35.9 Å². The molecular formula is C21H25F7N4O3. The van der Waals surface area contributed by atoms with Gasteiger partial charge in [-0.2, -0.15) is 26.3 Å². The van der Waals surface area contributed by atoms with Crippen LogP contribution in [0.5, 0.6) is 0 Å². The van der Waals surface area contributed by atoms with Gasteiger partial charge in [0, 0.05) is 18.6 Å². The second kappa shape index (κ2) is 8.64. The van der Waals surface area contributed by atoms with Crippen LogP contribution >= 0.6 is 0 Å². The van der Waals surface area contributed by atoms with Crippen molar-refractivity contribution in [1.29, 1.82) is 0 Å². The summed E-state index contributed by atoms with van der Waals surface area (Å²) in [5.74, 6) is -5.26. The lowest BCUT2D eigenvalue weighted by Crippen LogP contribution is -2.62. The predicted molar refractivity (Wildman–Crippen MR) is 110 cm³/mol. The molecule has 0 amide bonds. The highest BCUT2D eigenvalue weighted by atomic mass is 19.4. The number of nitrogens with one attached hydrogen (secondary N) is 1. The average molecular weight is 514 g/mol. The Kier molecular flexibility index (Phi) is 6.36. The van der Waals surface area contributed by atoms with Crippen LogP contribution in [0.25, 0.3) is 11.3 Å². The third-order valence-electron chi connectivity index (χ3n) is 7.15. The third kappa shape index (κ3) is 4.39. The van der Waals surface area contributed by atoms with Gasteiger partial charge in [0.1, 0.15) is 11.0 Å². The zero-order valence-electron chi connectivity index (χ0n) is 18.8. The molecule has 196 valence electrons. The molecule has 1 aromatic heterocycles. The number of nitrogens with two attached hydrogens (primary N) is 1. The number of H-pyrrole nitrogens is 1. The first kappa shape index (κ1) is 25.7. The highest BCUT2D eigenvalue weighted by molar-refractivity contribution is 5.60. The van der Waals surface area contributed by atoms with Crippen LogP contribution in [0.3, 0.4) is 0 Å². The van der Waals surface area contributed by atoms with E-state index in [0.29, 0.717) is 12.8 Å². The average Bonchev–Trinajstić information content (AvgIpc) is 3.43. The smallest absolute Gasteiger partial charge is 0.402 e. The minimum absolute atomic E-state index is 0.0214. The first-order valence-electron chi connectivity index (χ1n) is 11.1. The Balaban J connectivity index is 1.76. The number of aromatic nitrogens is 2. The maximum Gasteiger partial charge on any atom is 0.402 e. The van der Waals surface area contributed by atoms with Gasteiger partial charge in [-0.15, -0.1) is 0 Å². The molecule has 3 N–H and O–H groups in total. The first-order chi connectivity index (χ1) is 16.2. The highest BCUT2D eigenvalue weighted by Crippen LogP contribution is 2.44. The first-order valence-corrected chi connectivity index (χ1v) is 11.1. The molecule has 1 aliphatic heterocycles. The number of rotatable bonds is 5. The topological polar surface area (TPSA) is 93.3 Å². The SMILES string of the molecule is COC1=c2c(=O)[nH]c(=O)n(C3CC3)c2=C(C)C(N2CCC(C(N)C(C(F)(F)F)C(F)(F)F)C2)C1F. The molecule has 4 rings (SSSR count). The molecule has 14 heteroatoms. The summed E-state index contributed by atoms with van der Waals surface area (Å²) in [4.78, 5) is 28.7. The number of likely N-dealkylation sites (tertiary alicyclic amines) is 1. The number of aromatic amines is 1. The van der Waals surface area contributed by atoms with Crippen molar-refractivity contribution in [2.75, 3.05) is 20.2 Å². The predicted octanol–water partition coefficient (Wildman–Crippen LogP) is 0.907.